The standard InChI is InChI=1S/C11H8ClF3N2O2/c1-2-19-10(18)7(5-16)8-3-6(11(13,14)15)4-9(12)17-8/h3-4,7H,2H2,1H3. The first kappa shape index (κ1) is 15.2. The molecule has 0 aromatic carbocycles. The van der Waals surface area contributed by atoms with Crippen LogP contribution >= 0.6 is 11.6 Å². The molecule has 19 heavy (non-hydrogen) atoms. The highest BCUT2D eigenvalue weighted by Crippen LogP contribution is 2.32. The Bertz CT molecular complexity index is 526. The number of rotatable bonds is 3. The lowest BCUT2D eigenvalue weighted by Gasteiger charge is -2.12. The molecular weight excluding hydrogens is 285 g/mol. The number of carbonyl (C=O) groups is 1. The summed E-state index contributed by atoms with van der Waals surface area (Å²) in [7, 11) is 0. The molecule has 0 radical (unpaired) electrons. The van der Waals surface area contributed by atoms with E-state index in [4.69, 9.17) is 16.9 Å². The van der Waals surface area contributed by atoms with E-state index in [-0.39, 0.29) is 12.3 Å². The van der Waals surface area contributed by atoms with Gasteiger partial charge in [0.1, 0.15) is 5.15 Å². The maximum Gasteiger partial charge on any atom is 0.416 e. The van der Waals surface area contributed by atoms with Crippen LogP contribution < -0.4 is 0 Å². The molecule has 1 aromatic rings. The van der Waals surface area contributed by atoms with E-state index in [0.717, 1.165) is 0 Å². The number of carbonyl (C=O) groups excluding carboxylic acids is 1. The van der Waals surface area contributed by atoms with Crippen LogP contribution in [-0.4, -0.2) is 17.6 Å². The molecule has 1 heterocycles. The first-order valence-electron chi connectivity index (χ1n) is 5.10. The third kappa shape index (κ3) is 3.83. The van der Waals surface area contributed by atoms with E-state index in [9.17, 15) is 18.0 Å². The molecule has 0 bridgehead atoms. The minimum Gasteiger partial charge on any atom is -0.465 e. The topological polar surface area (TPSA) is 63.0 Å². The number of halogens is 4. The number of esters is 1. The normalized spacial score (nSPS) is 12.6. The second-order valence-electron chi connectivity index (χ2n) is 3.42. The first-order chi connectivity index (χ1) is 8.79. The molecule has 0 spiro atoms. The predicted molar refractivity (Wildman–Crippen MR) is 59.2 cm³/mol. The van der Waals surface area contributed by atoms with Crippen molar-refractivity contribution in [1.82, 2.24) is 4.98 Å². The van der Waals surface area contributed by atoms with E-state index in [1.807, 2.05) is 0 Å². The van der Waals surface area contributed by atoms with Gasteiger partial charge in [-0.2, -0.15) is 18.4 Å². The van der Waals surface area contributed by atoms with Crippen molar-refractivity contribution >= 4 is 17.6 Å². The van der Waals surface area contributed by atoms with Gasteiger partial charge in [0.2, 0.25) is 0 Å². The van der Waals surface area contributed by atoms with Gasteiger partial charge in [-0.1, -0.05) is 11.6 Å². The molecule has 0 aliphatic rings. The van der Waals surface area contributed by atoms with E-state index >= 15 is 0 Å². The summed E-state index contributed by atoms with van der Waals surface area (Å²) in [5.41, 5.74) is -1.46. The summed E-state index contributed by atoms with van der Waals surface area (Å²) in [5.74, 6) is -2.51. The number of nitrogens with zero attached hydrogens (tertiary/aromatic N) is 2. The van der Waals surface area contributed by atoms with Crippen LogP contribution in [0.25, 0.3) is 0 Å². The summed E-state index contributed by atoms with van der Waals surface area (Å²) in [5, 5.41) is 8.40. The monoisotopic (exact) mass is 292 g/mol. The van der Waals surface area contributed by atoms with E-state index < -0.39 is 28.8 Å². The second kappa shape index (κ2) is 5.89. The molecule has 0 aliphatic carbocycles. The number of alkyl halides is 3. The first-order valence-corrected chi connectivity index (χ1v) is 5.48. The third-order valence-corrected chi connectivity index (χ3v) is 2.28. The van der Waals surface area contributed by atoms with Gasteiger partial charge in [0, 0.05) is 0 Å². The Morgan fingerprint density at radius 3 is 2.68 bits per heavy atom. The van der Waals surface area contributed by atoms with Crippen LogP contribution in [-0.2, 0) is 15.7 Å². The molecule has 0 aliphatic heterocycles. The Morgan fingerprint density at radius 1 is 1.58 bits per heavy atom. The summed E-state index contributed by atoms with van der Waals surface area (Å²) in [4.78, 5) is 15.0. The minimum atomic E-state index is -4.64. The summed E-state index contributed by atoms with van der Waals surface area (Å²) in [6.45, 7) is 1.52. The molecular formula is C11H8ClF3N2O2. The average molecular weight is 293 g/mol. The van der Waals surface area contributed by atoms with E-state index in [1.165, 1.54) is 6.92 Å². The number of pyridine rings is 1. The Morgan fingerprint density at radius 2 is 2.21 bits per heavy atom. The van der Waals surface area contributed by atoms with E-state index in [0.29, 0.717) is 12.1 Å². The summed E-state index contributed by atoms with van der Waals surface area (Å²) < 4.78 is 42.3. The summed E-state index contributed by atoms with van der Waals surface area (Å²) in [6, 6.07) is 2.77. The number of nitriles is 1. The summed E-state index contributed by atoms with van der Waals surface area (Å²) >= 11 is 5.47. The second-order valence-corrected chi connectivity index (χ2v) is 3.80. The zero-order chi connectivity index (χ0) is 14.6. The van der Waals surface area contributed by atoms with Crippen LogP contribution in [0, 0.1) is 11.3 Å². The lowest BCUT2D eigenvalue weighted by atomic mass is 10.0. The van der Waals surface area contributed by atoms with Crippen LogP contribution in [0.15, 0.2) is 12.1 Å². The number of aromatic nitrogens is 1. The fourth-order valence-electron chi connectivity index (χ4n) is 1.29. The average Bonchev–Trinajstić information content (AvgIpc) is 2.28. The molecule has 4 nitrogen and oxygen atoms in total. The van der Waals surface area contributed by atoms with Crippen molar-refractivity contribution in [3.63, 3.8) is 0 Å². The Kier molecular flexibility index (Phi) is 4.72. The van der Waals surface area contributed by atoms with Crippen molar-refractivity contribution in [2.24, 2.45) is 0 Å². The SMILES string of the molecule is CCOC(=O)C(C#N)c1cc(C(F)(F)F)cc(Cl)n1. The molecule has 1 unspecified atom stereocenters. The maximum atomic E-state index is 12.6. The fraction of sp³-hybridized carbons (Fsp3) is 0.364. The lowest BCUT2D eigenvalue weighted by molar-refractivity contribution is -0.144. The molecule has 0 saturated carbocycles. The van der Waals surface area contributed by atoms with Crippen molar-refractivity contribution in [3.05, 3.63) is 28.5 Å². The Balaban J connectivity index is 3.23. The molecule has 1 atom stereocenters. The smallest absolute Gasteiger partial charge is 0.416 e. The highest BCUT2D eigenvalue weighted by atomic mass is 35.5. The minimum absolute atomic E-state index is 0.00368. The molecule has 0 fully saturated rings. The highest BCUT2D eigenvalue weighted by molar-refractivity contribution is 6.29. The van der Waals surface area contributed by atoms with Gasteiger partial charge in [-0.25, -0.2) is 4.98 Å². The molecule has 0 amide bonds. The Hall–Kier alpha value is -1.81. The number of hydrogen-bond acceptors (Lipinski definition) is 4. The Labute approximate surface area is 111 Å². The highest BCUT2D eigenvalue weighted by Gasteiger charge is 2.33. The van der Waals surface area contributed by atoms with Gasteiger partial charge < -0.3 is 4.74 Å². The zero-order valence-electron chi connectivity index (χ0n) is 9.66. The van der Waals surface area contributed by atoms with Gasteiger partial charge in [0.05, 0.1) is 23.9 Å². The van der Waals surface area contributed by atoms with Crippen LogP contribution in [0.1, 0.15) is 24.1 Å². The molecule has 1 aromatic heterocycles. The third-order valence-electron chi connectivity index (χ3n) is 2.09. The van der Waals surface area contributed by atoms with Gasteiger partial charge in [-0.3, -0.25) is 4.79 Å². The van der Waals surface area contributed by atoms with Crippen LogP contribution in [0.4, 0.5) is 13.2 Å². The van der Waals surface area contributed by atoms with E-state index in [1.54, 1.807) is 6.07 Å². The van der Waals surface area contributed by atoms with Crippen LogP contribution in [0.2, 0.25) is 5.15 Å². The lowest BCUT2D eigenvalue weighted by Crippen LogP contribution is -2.17. The molecule has 1 rings (SSSR count). The van der Waals surface area contributed by atoms with Crippen molar-refractivity contribution in [3.8, 4) is 6.07 Å². The molecule has 0 N–H and O–H groups in total. The van der Waals surface area contributed by atoms with E-state index in [2.05, 4.69) is 9.72 Å². The van der Waals surface area contributed by atoms with Gasteiger partial charge in [0.15, 0.2) is 5.92 Å². The van der Waals surface area contributed by atoms with Crippen molar-refractivity contribution in [1.29, 1.82) is 5.26 Å². The maximum absolute atomic E-state index is 12.6. The largest absolute Gasteiger partial charge is 0.465 e. The molecule has 102 valence electrons. The van der Waals surface area contributed by atoms with Gasteiger partial charge in [-0.15, -0.1) is 0 Å². The fourth-order valence-corrected chi connectivity index (χ4v) is 1.51. The quantitative estimate of drug-likeness (QED) is 0.635. The van der Waals surface area contributed by atoms with Gasteiger partial charge >= 0.3 is 12.1 Å². The zero-order valence-corrected chi connectivity index (χ0v) is 10.4. The predicted octanol–water partition coefficient (Wildman–Crippen LogP) is 2.92. The van der Waals surface area contributed by atoms with Gasteiger partial charge in [0.25, 0.3) is 0 Å². The van der Waals surface area contributed by atoms with Crippen LogP contribution in [0.3, 0.4) is 0 Å². The summed E-state index contributed by atoms with van der Waals surface area (Å²) in [6.07, 6.45) is -4.64. The molecule has 0 saturated heterocycles. The molecule has 8 heteroatoms. The van der Waals surface area contributed by atoms with Crippen LogP contribution in [0.5, 0.6) is 0 Å². The number of hydrogen-bond donors (Lipinski definition) is 0. The van der Waals surface area contributed by atoms with Crippen molar-refractivity contribution in [2.45, 2.75) is 19.0 Å². The van der Waals surface area contributed by atoms with Gasteiger partial charge in [-0.05, 0) is 19.1 Å². The van der Waals surface area contributed by atoms with Crippen molar-refractivity contribution in [2.75, 3.05) is 6.61 Å². The van der Waals surface area contributed by atoms with Crippen molar-refractivity contribution < 1.29 is 22.7 Å². The number of ether oxygens (including phenoxy) is 1.